The van der Waals surface area contributed by atoms with Crippen molar-refractivity contribution in [2.45, 2.75) is 53.6 Å². The Morgan fingerprint density at radius 2 is 0.972 bits per heavy atom. The molecule has 1 aromatic heterocycles. The predicted molar refractivity (Wildman–Crippen MR) is 153 cm³/mol. The molecule has 2 atom stereocenters. The molecule has 0 saturated heterocycles. The first-order chi connectivity index (χ1) is 17.3. The molecule has 0 aliphatic carbocycles. The Morgan fingerprint density at radius 3 is 1.36 bits per heavy atom. The summed E-state index contributed by atoms with van der Waals surface area (Å²) in [6.07, 6.45) is 0. The zero-order valence-electron chi connectivity index (χ0n) is 21.9. The van der Waals surface area contributed by atoms with Gasteiger partial charge in [-0.3, -0.25) is 0 Å². The van der Waals surface area contributed by atoms with Gasteiger partial charge in [-0.05, 0) is 87.1 Å². The molecule has 4 aromatic carbocycles. The third-order valence-corrected chi connectivity index (χ3v) is 8.76. The van der Waals surface area contributed by atoms with Gasteiger partial charge in [0.2, 0.25) is 0 Å². The normalized spacial score (nSPS) is 13.3. The minimum atomic E-state index is -1.48. The summed E-state index contributed by atoms with van der Waals surface area (Å²) in [6, 6.07) is 30.3. The molecular weight excluding hydrogens is 461 g/mol. The van der Waals surface area contributed by atoms with Crippen LogP contribution in [-0.2, 0) is 0 Å². The van der Waals surface area contributed by atoms with Gasteiger partial charge in [-0.2, -0.15) is 4.67 Å². The maximum absolute atomic E-state index is 6.94. The van der Waals surface area contributed by atoms with E-state index in [2.05, 4.69) is 131 Å². The summed E-state index contributed by atoms with van der Waals surface area (Å²) in [6.45, 7) is 13.1. The summed E-state index contributed by atoms with van der Waals surface area (Å²) in [7, 11) is -1.48. The number of rotatable bonds is 5. The lowest BCUT2D eigenvalue weighted by Gasteiger charge is -2.31. The summed E-state index contributed by atoms with van der Waals surface area (Å²) >= 11 is 0. The first kappa shape index (κ1) is 24.4. The third kappa shape index (κ3) is 4.62. The van der Waals surface area contributed by atoms with E-state index in [1.807, 2.05) is 0 Å². The highest BCUT2D eigenvalue weighted by molar-refractivity contribution is 7.39. The van der Waals surface area contributed by atoms with E-state index in [9.17, 15) is 0 Å². The van der Waals surface area contributed by atoms with Crippen LogP contribution in [0.1, 0.15) is 59.3 Å². The van der Waals surface area contributed by atoms with Crippen molar-refractivity contribution < 1.29 is 8.39 Å². The van der Waals surface area contributed by atoms with Crippen LogP contribution in [0.5, 0.6) is 0 Å². The van der Waals surface area contributed by atoms with Crippen LogP contribution >= 0.6 is 8.16 Å². The summed E-state index contributed by atoms with van der Waals surface area (Å²) in [4.78, 5) is 0. The smallest absolute Gasteiger partial charge is 0.310 e. The van der Waals surface area contributed by atoms with Gasteiger partial charge in [0.1, 0.15) is 11.2 Å². The summed E-state index contributed by atoms with van der Waals surface area (Å²) in [5, 5.41) is 2.22. The van der Waals surface area contributed by atoms with Crippen molar-refractivity contribution in [2.24, 2.45) is 0 Å². The van der Waals surface area contributed by atoms with Crippen LogP contribution in [0.15, 0.2) is 93.3 Å². The minimum Gasteiger partial charge on any atom is -0.407 e. The second kappa shape index (κ2) is 10.0. The molecule has 0 saturated carbocycles. The second-order valence-corrected chi connectivity index (χ2v) is 11.2. The predicted octanol–water partition coefficient (Wildman–Crippen LogP) is 9.98. The molecule has 5 aromatic rings. The first-order valence-electron chi connectivity index (χ1n) is 12.6. The fourth-order valence-corrected chi connectivity index (χ4v) is 7.06. The number of benzene rings is 4. The molecule has 184 valence electrons. The van der Waals surface area contributed by atoms with Gasteiger partial charge in [-0.15, -0.1) is 0 Å². The lowest BCUT2D eigenvalue weighted by atomic mass is 10.0. The highest BCUT2D eigenvalue weighted by Gasteiger charge is 2.29. The minimum absolute atomic E-state index is 0.0778. The standard InChI is InChI=1S/C32H34NO2P/c1-21-17-23(3)31-29(19-21)30-20-22(2)18-24(4)32(30)35-36(34-31)33(25(5)27-13-9-7-10-14-27)26(6)28-15-11-8-12-16-28/h7-20,25-26H,1-6H3/t25-,26-/m0/s1. The van der Waals surface area contributed by atoms with Gasteiger partial charge >= 0.3 is 8.16 Å². The molecule has 0 amide bonds. The Labute approximate surface area is 215 Å². The Hall–Kier alpha value is -3.26. The van der Waals surface area contributed by atoms with Gasteiger partial charge in [-0.25, -0.2) is 0 Å². The van der Waals surface area contributed by atoms with Crippen molar-refractivity contribution in [3.63, 3.8) is 0 Å². The Morgan fingerprint density at radius 1 is 0.583 bits per heavy atom. The average Bonchev–Trinajstić information content (AvgIpc) is 3.03. The van der Waals surface area contributed by atoms with Crippen molar-refractivity contribution in [2.75, 3.05) is 4.67 Å². The van der Waals surface area contributed by atoms with Gasteiger partial charge in [0.15, 0.2) is 0 Å². The summed E-state index contributed by atoms with van der Waals surface area (Å²) in [5.74, 6) is 0. The van der Waals surface area contributed by atoms with Crippen molar-refractivity contribution >= 4 is 30.1 Å². The molecule has 36 heavy (non-hydrogen) atoms. The Bertz CT molecular complexity index is 1440. The zero-order chi connectivity index (χ0) is 25.4. The van der Waals surface area contributed by atoms with Gasteiger partial charge < -0.3 is 8.39 Å². The van der Waals surface area contributed by atoms with Crippen molar-refractivity contribution in [1.29, 1.82) is 0 Å². The summed E-state index contributed by atoms with van der Waals surface area (Å²) in [5.41, 5.74) is 9.01. The first-order valence-corrected chi connectivity index (χ1v) is 13.7. The Kier molecular flexibility index (Phi) is 6.79. The van der Waals surface area contributed by atoms with E-state index in [1.54, 1.807) is 0 Å². The molecule has 0 unspecified atom stereocenters. The van der Waals surface area contributed by atoms with Crippen LogP contribution in [0.3, 0.4) is 0 Å². The molecule has 0 N–H and O–H groups in total. The Balaban J connectivity index is 1.86. The van der Waals surface area contributed by atoms with Crippen LogP contribution in [-0.4, -0.2) is 0 Å². The lowest BCUT2D eigenvalue weighted by molar-refractivity contribution is 0.557. The maximum Gasteiger partial charge on any atom is 0.310 e. The number of hydrogen-bond donors (Lipinski definition) is 0. The third-order valence-electron chi connectivity index (χ3n) is 7.01. The van der Waals surface area contributed by atoms with Gasteiger partial charge in [-0.1, -0.05) is 72.8 Å². The van der Waals surface area contributed by atoms with E-state index in [0.717, 1.165) is 33.1 Å². The highest BCUT2D eigenvalue weighted by Crippen LogP contribution is 2.47. The fourth-order valence-electron chi connectivity index (χ4n) is 5.21. The van der Waals surface area contributed by atoms with Crippen molar-refractivity contribution in [3.8, 4) is 0 Å². The molecule has 1 heterocycles. The molecular formula is C32H34NO2P. The monoisotopic (exact) mass is 495 g/mol. The van der Waals surface area contributed by atoms with Crippen LogP contribution in [0.4, 0.5) is 0 Å². The quantitative estimate of drug-likeness (QED) is 0.243. The SMILES string of the molecule is Cc1cc(C)c2op(N([C@@H](C)c3ccccc3)[C@@H](C)c3ccccc3)oc3c(C)cc(C)cc3c2c1. The van der Waals surface area contributed by atoms with Crippen LogP contribution in [0, 0.1) is 27.7 Å². The van der Waals surface area contributed by atoms with E-state index in [0.29, 0.717) is 0 Å². The number of hydrogen-bond acceptors (Lipinski definition) is 3. The molecule has 5 rings (SSSR count). The van der Waals surface area contributed by atoms with Gasteiger partial charge in [0.05, 0.1) is 0 Å². The second-order valence-electron chi connectivity index (χ2n) is 9.89. The van der Waals surface area contributed by atoms with Gasteiger partial charge in [0, 0.05) is 22.9 Å². The van der Waals surface area contributed by atoms with E-state index < -0.39 is 8.16 Å². The lowest BCUT2D eigenvalue weighted by Crippen LogP contribution is -2.27. The summed E-state index contributed by atoms with van der Waals surface area (Å²) < 4.78 is 16.3. The number of nitrogens with zero attached hydrogens (tertiary/aromatic N) is 1. The maximum atomic E-state index is 6.94. The average molecular weight is 496 g/mol. The molecule has 0 spiro atoms. The highest BCUT2D eigenvalue weighted by atomic mass is 31.1. The van der Waals surface area contributed by atoms with Crippen molar-refractivity contribution in [1.82, 2.24) is 0 Å². The number of aryl methyl sites for hydroxylation is 4. The van der Waals surface area contributed by atoms with Crippen LogP contribution in [0.25, 0.3) is 21.9 Å². The molecule has 0 bridgehead atoms. The molecule has 0 radical (unpaired) electrons. The topological polar surface area (TPSA) is 29.5 Å². The molecule has 0 aliphatic rings. The van der Waals surface area contributed by atoms with E-state index in [-0.39, 0.29) is 12.1 Å². The number of fused-ring (bicyclic) bond motifs is 3. The molecule has 4 heteroatoms. The van der Waals surface area contributed by atoms with Crippen molar-refractivity contribution in [3.05, 3.63) is 118 Å². The van der Waals surface area contributed by atoms with E-state index >= 15 is 0 Å². The molecule has 0 fully saturated rings. The largest absolute Gasteiger partial charge is 0.407 e. The fraction of sp³-hybridized carbons (Fsp3) is 0.250. The molecule has 3 nitrogen and oxygen atoms in total. The van der Waals surface area contributed by atoms with Crippen LogP contribution < -0.4 is 4.67 Å². The van der Waals surface area contributed by atoms with Gasteiger partial charge in [0.25, 0.3) is 0 Å². The van der Waals surface area contributed by atoms with E-state index in [4.69, 9.17) is 8.39 Å². The van der Waals surface area contributed by atoms with Crippen LogP contribution in [0.2, 0.25) is 0 Å². The zero-order valence-corrected chi connectivity index (χ0v) is 22.8. The molecule has 0 aliphatic heterocycles. The van der Waals surface area contributed by atoms with E-state index in [1.165, 1.54) is 22.3 Å².